The maximum absolute atomic E-state index is 5.47. The van der Waals surface area contributed by atoms with Crippen LogP contribution in [0.1, 0.15) is 19.5 Å². The van der Waals surface area contributed by atoms with Gasteiger partial charge in [-0.05, 0) is 5.92 Å². The summed E-state index contributed by atoms with van der Waals surface area (Å²) >= 11 is 0. The van der Waals surface area contributed by atoms with Gasteiger partial charge in [0.15, 0.2) is 0 Å². The molecule has 1 heterocycles. The van der Waals surface area contributed by atoms with E-state index in [4.69, 9.17) is 9.47 Å². The van der Waals surface area contributed by atoms with Crippen molar-refractivity contribution in [3.05, 3.63) is 11.8 Å². The summed E-state index contributed by atoms with van der Waals surface area (Å²) in [4.78, 5) is 0. The predicted octanol–water partition coefficient (Wildman–Crippen LogP) is 1.19. The summed E-state index contributed by atoms with van der Waals surface area (Å²) in [6.07, 6.45) is 0. The number of aromatic nitrogens is 2. The SMILES string of the molecule is COc1cc(CNCCOCC(C)C)nn1C. The summed E-state index contributed by atoms with van der Waals surface area (Å²) in [5, 5.41) is 7.60. The fraction of sp³-hybridized carbons (Fsp3) is 0.750. The van der Waals surface area contributed by atoms with Gasteiger partial charge >= 0.3 is 0 Å². The van der Waals surface area contributed by atoms with Gasteiger partial charge in [0, 0.05) is 32.8 Å². The first-order valence-corrected chi connectivity index (χ1v) is 5.99. The first-order valence-electron chi connectivity index (χ1n) is 5.99. The molecule has 0 spiro atoms. The average Bonchev–Trinajstić information content (AvgIpc) is 2.63. The van der Waals surface area contributed by atoms with Gasteiger partial charge in [-0.1, -0.05) is 13.8 Å². The van der Waals surface area contributed by atoms with Crippen molar-refractivity contribution in [3.63, 3.8) is 0 Å². The third kappa shape index (κ3) is 5.19. The van der Waals surface area contributed by atoms with Crippen molar-refractivity contribution in [3.8, 4) is 5.88 Å². The summed E-state index contributed by atoms with van der Waals surface area (Å²) in [7, 11) is 3.52. The minimum Gasteiger partial charge on any atom is -0.481 e. The summed E-state index contributed by atoms with van der Waals surface area (Å²) < 4.78 is 12.3. The van der Waals surface area contributed by atoms with Gasteiger partial charge in [0.1, 0.15) is 0 Å². The van der Waals surface area contributed by atoms with Crippen LogP contribution in [0.5, 0.6) is 5.88 Å². The lowest BCUT2D eigenvalue weighted by Gasteiger charge is -2.06. The number of methoxy groups -OCH3 is 1. The molecule has 0 aliphatic carbocycles. The largest absolute Gasteiger partial charge is 0.481 e. The van der Waals surface area contributed by atoms with Gasteiger partial charge in [0.2, 0.25) is 5.88 Å². The predicted molar refractivity (Wildman–Crippen MR) is 67.1 cm³/mol. The van der Waals surface area contributed by atoms with Crippen LogP contribution in [0.2, 0.25) is 0 Å². The van der Waals surface area contributed by atoms with Gasteiger partial charge in [-0.3, -0.25) is 0 Å². The molecule has 1 aromatic heterocycles. The molecule has 0 aliphatic rings. The number of nitrogens with one attached hydrogen (secondary N) is 1. The summed E-state index contributed by atoms with van der Waals surface area (Å²) in [6.45, 7) is 7.43. The fourth-order valence-corrected chi connectivity index (χ4v) is 1.46. The fourth-order valence-electron chi connectivity index (χ4n) is 1.46. The van der Waals surface area contributed by atoms with Gasteiger partial charge in [-0.15, -0.1) is 0 Å². The zero-order valence-electron chi connectivity index (χ0n) is 11.2. The van der Waals surface area contributed by atoms with Gasteiger partial charge in [0.05, 0.1) is 19.4 Å². The molecule has 0 radical (unpaired) electrons. The molecule has 1 aromatic rings. The molecule has 0 aromatic carbocycles. The second kappa shape index (κ2) is 7.29. The van der Waals surface area contributed by atoms with E-state index in [1.165, 1.54) is 0 Å². The Balaban J connectivity index is 2.13. The normalized spacial score (nSPS) is 11.1. The van der Waals surface area contributed by atoms with E-state index in [0.717, 1.165) is 37.9 Å². The number of rotatable bonds is 8. The molecule has 98 valence electrons. The molecule has 5 heteroatoms. The highest BCUT2D eigenvalue weighted by molar-refractivity contribution is 5.15. The Morgan fingerprint density at radius 1 is 1.47 bits per heavy atom. The second-order valence-electron chi connectivity index (χ2n) is 4.45. The number of nitrogens with zero attached hydrogens (tertiary/aromatic N) is 2. The molecular formula is C12H23N3O2. The van der Waals surface area contributed by atoms with Crippen molar-refractivity contribution >= 4 is 0 Å². The standard InChI is InChI=1S/C12H23N3O2/c1-10(2)9-17-6-5-13-8-11-7-12(16-4)15(3)14-11/h7,10,13H,5-6,8-9H2,1-4H3. The van der Waals surface area contributed by atoms with Gasteiger partial charge in [0.25, 0.3) is 0 Å². The van der Waals surface area contributed by atoms with Crippen molar-refractivity contribution in [2.24, 2.45) is 13.0 Å². The molecule has 1 rings (SSSR count). The molecule has 0 saturated heterocycles. The lowest BCUT2D eigenvalue weighted by molar-refractivity contribution is 0.111. The highest BCUT2D eigenvalue weighted by Crippen LogP contribution is 2.10. The maximum atomic E-state index is 5.47. The van der Waals surface area contributed by atoms with Gasteiger partial charge in [-0.2, -0.15) is 5.10 Å². The molecule has 0 atom stereocenters. The minimum absolute atomic E-state index is 0.593. The van der Waals surface area contributed by atoms with Crippen LogP contribution >= 0.6 is 0 Å². The quantitative estimate of drug-likeness (QED) is 0.695. The lowest BCUT2D eigenvalue weighted by Crippen LogP contribution is -2.20. The van der Waals surface area contributed by atoms with Crippen LogP contribution in [0, 0.1) is 5.92 Å². The highest BCUT2D eigenvalue weighted by atomic mass is 16.5. The zero-order valence-corrected chi connectivity index (χ0v) is 11.2. The van der Waals surface area contributed by atoms with Crippen molar-refractivity contribution in [1.82, 2.24) is 15.1 Å². The van der Waals surface area contributed by atoms with E-state index in [-0.39, 0.29) is 0 Å². The smallest absolute Gasteiger partial charge is 0.211 e. The number of hydrogen-bond donors (Lipinski definition) is 1. The van der Waals surface area contributed by atoms with Crippen molar-refractivity contribution in [2.45, 2.75) is 20.4 Å². The molecule has 0 aliphatic heterocycles. The van der Waals surface area contributed by atoms with Crippen LogP contribution in [-0.4, -0.2) is 36.6 Å². The Morgan fingerprint density at radius 3 is 2.82 bits per heavy atom. The molecule has 17 heavy (non-hydrogen) atoms. The van der Waals surface area contributed by atoms with E-state index in [0.29, 0.717) is 5.92 Å². The second-order valence-corrected chi connectivity index (χ2v) is 4.45. The third-order valence-electron chi connectivity index (χ3n) is 2.28. The average molecular weight is 241 g/mol. The third-order valence-corrected chi connectivity index (χ3v) is 2.28. The first kappa shape index (κ1) is 14.0. The minimum atomic E-state index is 0.593. The topological polar surface area (TPSA) is 48.3 Å². The van der Waals surface area contributed by atoms with E-state index in [1.54, 1.807) is 11.8 Å². The van der Waals surface area contributed by atoms with Gasteiger partial charge < -0.3 is 14.8 Å². The van der Waals surface area contributed by atoms with Crippen LogP contribution in [0.3, 0.4) is 0 Å². The molecular weight excluding hydrogens is 218 g/mol. The highest BCUT2D eigenvalue weighted by Gasteiger charge is 2.03. The van der Waals surface area contributed by atoms with Gasteiger partial charge in [-0.25, -0.2) is 4.68 Å². The van der Waals surface area contributed by atoms with E-state index in [1.807, 2.05) is 13.1 Å². The number of aryl methyl sites for hydroxylation is 1. The van der Waals surface area contributed by atoms with E-state index < -0.39 is 0 Å². The Hall–Kier alpha value is -1.07. The maximum Gasteiger partial charge on any atom is 0.211 e. The Kier molecular flexibility index (Phi) is 6.00. The van der Waals surface area contributed by atoms with Crippen LogP contribution < -0.4 is 10.1 Å². The summed E-state index contributed by atoms with van der Waals surface area (Å²) in [5.74, 6) is 1.37. The molecule has 0 saturated carbocycles. The Bertz CT molecular complexity index is 324. The summed E-state index contributed by atoms with van der Waals surface area (Å²) in [5.41, 5.74) is 0.980. The molecule has 0 bridgehead atoms. The Morgan fingerprint density at radius 2 is 2.24 bits per heavy atom. The van der Waals surface area contributed by atoms with E-state index >= 15 is 0 Å². The molecule has 0 fully saturated rings. The Labute approximate surface area is 103 Å². The van der Waals surface area contributed by atoms with Crippen molar-refractivity contribution in [2.75, 3.05) is 26.9 Å². The van der Waals surface area contributed by atoms with Crippen LogP contribution in [0.25, 0.3) is 0 Å². The van der Waals surface area contributed by atoms with Crippen molar-refractivity contribution < 1.29 is 9.47 Å². The molecule has 1 N–H and O–H groups in total. The van der Waals surface area contributed by atoms with Crippen LogP contribution in [0.15, 0.2) is 6.07 Å². The number of ether oxygens (including phenoxy) is 2. The molecule has 0 amide bonds. The number of hydrogen-bond acceptors (Lipinski definition) is 4. The summed E-state index contributed by atoms with van der Waals surface area (Å²) in [6, 6.07) is 1.93. The van der Waals surface area contributed by atoms with Crippen molar-refractivity contribution in [1.29, 1.82) is 0 Å². The first-order chi connectivity index (χ1) is 8.13. The molecule has 0 unspecified atom stereocenters. The lowest BCUT2D eigenvalue weighted by atomic mass is 10.2. The zero-order chi connectivity index (χ0) is 12.7. The van der Waals surface area contributed by atoms with Crippen LogP contribution in [-0.2, 0) is 18.3 Å². The van der Waals surface area contributed by atoms with E-state index in [2.05, 4.69) is 24.3 Å². The molecule has 5 nitrogen and oxygen atoms in total. The van der Waals surface area contributed by atoms with Crippen LogP contribution in [0.4, 0.5) is 0 Å². The van der Waals surface area contributed by atoms with E-state index in [9.17, 15) is 0 Å². The monoisotopic (exact) mass is 241 g/mol.